The van der Waals surface area contributed by atoms with Gasteiger partial charge in [0.25, 0.3) is 5.56 Å². The van der Waals surface area contributed by atoms with Crippen LogP contribution in [-0.4, -0.2) is 29.3 Å². The highest BCUT2D eigenvalue weighted by atomic mass is 32.2. The van der Waals surface area contributed by atoms with E-state index in [-0.39, 0.29) is 5.56 Å². The van der Waals surface area contributed by atoms with Crippen LogP contribution in [0.5, 0.6) is 0 Å². The van der Waals surface area contributed by atoms with Crippen LogP contribution in [0.25, 0.3) is 11.2 Å². The van der Waals surface area contributed by atoms with Gasteiger partial charge in [-0.1, -0.05) is 43.4 Å². The Balaban J connectivity index is 2.09. The molecule has 10 heteroatoms. The molecular formula is C15H20N6O2S2. The number of fused-ring (bicyclic) bond motifs is 1. The van der Waals surface area contributed by atoms with Crippen molar-refractivity contribution in [2.75, 3.05) is 0 Å². The second kappa shape index (κ2) is 7.96. The number of hydrogen-bond acceptors (Lipinski definition) is 7. The first-order chi connectivity index (χ1) is 12.2. The summed E-state index contributed by atoms with van der Waals surface area (Å²) in [6.45, 7) is 5.34. The number of nitrogens with one attached hydrogen (secondary N) is 1. The predicted molar refractivity (Wildman–Crippen MR) is 99.3 cm³/mol. The molecule has 0 aromatic carbocycles. The molecule has 1 N–H and O–H groups in total. The number of H-pyrrole nitrogens is 1. The van der Waals surface area contributed by atoms with E-state index in [1.54, 1.807) is 10.1 Å². The van der Waals surface area contributed by atoms with Gasteiger partial charge in [0.15, 0.2) is 15.5 Å². The lowest BCUT2D eigenvalue weighted by atomic mass is 10.3. The minimum absolute atomic E-state index is 0.374. The molecule has 0 atom stereocenters. The lowest BCUT2D eigenvalue weighted by Crippen LogP contribution is -2.31. The van der Waals surface area contributed by atoms with Crippen LogP contribution < -0.4 is 11.2 Å². The van der Waals surface area contributed by atoms with E-state index in [9.17, 15) is 9.59 Å². The van der Waals surface area contributed by atoms with Crippen molar-refractivity contribution in [1.29, 1.82) is 0 Å². The Kier molecular flexibility index (Phi) is 5.69. The molecule has 0 aliphatic carbocycles. The molecule has 25 heavy (non-hydrogen) atoms. The molecule has 3 aromatic heterocycles. The average molecular weight is 380 g/mol. The van der Waals surface area contributed by atoms with Crippen molar-refractivity contribution < 1.29 is 0 Å². The Morgan fingerprint density at radius 3 is 2.72 bits per heavy atom. The topological polar surface area (TPSA) is 98.5 Å². The molecule has 0 amide bonds. The largest absolute Gasteiger partial charge is 0.330 e. The maximum atomic E-state index is 12.4. The van der Waals surface area contributed by atoms with Gasteiger partial charge in [-0.2, -0.15) is 0 Å². The monoisotopic (exact) mass is 380 g/mol. The summed E-state index contributed by atoms with van der Waals surface area (Å²) in [4.78, 5) is 31.7. The highest BCUT2D eigenvalue weighted by Crippen LogP contribution is 2.25. The number of imidazole rings is 1. The Bertz CT molecular complexity index is 957. The van der Waals surface area contributed by atoms with Crippen LogP contribution >= 0.6 is 23.1 Å². The zero-order chi connectivity index (χ0) is 17.8. The summed E-state index contributed by atoms with van der Waals surface area (Å²) in [5, 5.41) is 7.85. The van der Waals surface area contributed by atoms with Gasteiger partial charge in [0, 0.05) is 13.1 Å². The molecule has 0 unspecified atom stereocenters. The van der Waals surface area contributed by atoms with Gasteiger partial charge in [0.05, 0.1) is 5.75 Å². The van der Waals surface area contributed by atoms with E-state index in [0.717, 1.165) is 29.4 Å². The fourth-order valence-electron chi connectivity index (χ4n) is 2.67. The van der Waals surface area contributed by atoms with E-state index >= 15 is 0 Å². The van der Waals surface area contributed by atoms with Crippen molar-refractivity contribution in [2.45, 2.75) is 56.3 Å². The van der Waals surface area contributed by atoms with Gasteiger partial charge >= 0.3 is 5.69 Å². The van der Waals surface area contributed by atoms with Gasteiger partial charge in [0.2, 0.25) is 0 Å². The lowest BCUT2D eigenvalue weighted by Gasteiger charge is -2.07. The fourth-order valence-corrected chi connectivity index (χ4v) is 4.10. The van der Waals surface area contributed by atoms with Crippen molar-refractivity contribution in [3.63, 3.8) is 0 Å². The number of hydrogen-bond donors (Lipinski definition) is 1. The van der Waals surface area contributed by atoms with Crippen molar-refractivity contribution in [3.05, 3.63) is 32.2 Å². The zero-order valence-corrected chi connectivity index (χ0v) is 15.8. The number of rotatable bonds is 8. The van der Waals surface area contributed by atoms with Crippen LogP contribution in [-0.2, 0) is 18.8 Å². The number of unbranched alkanes of at least 4 members (excludes halogenated alkanes) is 1. The zero-order valence-electron chi connectivity index (χ0n) is 14.2. The van der Waals surface area contributed by atoms with E-state index in [4.69, 9.17) is 0 Å². The van der Waals surface area contributed by atoms with E-state index in [0.29, 0.717) is 30.0 Å². The van der Waals surface area contributed by atoms with Gasteiger partial charge in [0.1, 0.15) is 11.3 Å². The molecule has 0 saturated carbocycles. The Hall–Kier alpha value is -1.94. The highest BCUT2D eigenvalue weighted by Gasteiger charge is 2.18. The molecule has 134 valence electrons. The van der Waals surface area contributed by atoms with Gasteiger partial charge in [-0.25, -0.2) is 9.78 Å². The number of thioether (sulfide) groups is 1. The second-order valence-corrected chi connectivity index (χ2v) is 7.67. The smallest absolute Gasteiger partial charge is 0.321 e. The number of aromatic nitrogens is 6. The summed E-state index contributed by atoms with van der Waals surface area (Å²) in [6.07, 6.45) is 2.69. The minimum Gasteiger partial charge on any atom is -0.321 e. The van der Waals surface area contributed by atoms with Crippen LogP contribution in [0.3, 0.4) is 0 Å². The highest BCUT2D eigenvalue weighted by molar-refractivity contribution is 8.00. The molecule has 0 saturated heterocycles. The third-order valence-electron chi connectivity index (χ3n) is 3.81. The number of nitrogens with zero attached hydrogens (tertiary/aromatic N) is 5. The first kappa shape index (κ1) is 17.9. The maximum absolute atomic E-state index is 12.4. The molecule has 8 nitrogen and oxygen atoms in total. The fraction of sp³-hybridized carbons (Fsp3) is 0.533. The molecule has 3 heterocycles. The van der Waals surface area contributed by atoms with E-state index in [1.807, 2.05) is 4.57 Å². The normalized spacial score (nSPS) is 11.4. The number of aromatic amines is 1. The third kappa shape index (κ3) is 3.69. The van der Waals surface area contributed by atoms with Gasteiger partial charge in [-0.3, -0.25) is 14.3 Å². The minimum atomic E-state index is -0.393. The summed E-state index contributed by atoms with van der Waals surface area (Å²) in [6, 6.07) is 0. The summed E-state index contributed by atoms with van der Waals surface area (Å²) in [7, 11) is 0. The third-order valence-corrected chi connectivity index (χ3v) is 5.67. The maximum Gasteiger partial charge on any atom is 0.330 e. The van der Waals surface area contributed by atoms with Gasteiger partial charge in [-0.05, 0) is 12.8 Å². The summed E-state index contributed by atoms with van der Waals surface area (Å²) < 4.78 is 4.35. The SMILES string of the molecule is CCCCn1c(=O)[nH]c(=O)c2c1nc(CSc1nncs1)n2CCC. The van der Waals surface area contributed by atoms with Crippen LogP contribution in [0.2, 0.25) is 0 Å². The van der Waals surface area contributed by atoms with E-state index in [1.165, 1.54) is 23.1 Å². The van der Waals surface area contributed by atoms with E-state index < -0.39 is 5.69 Å². The average Bonchev–Trinajstić information content (AvgIpc) is 3.21. The Morgan fingerprint density at radius 1 is 1.20 bits per heavy atom. The summed E-state index contributed by atoms with van der Waals surface area (Å²) in [5.74, 6) is 1.35. The molecular weight excluding hydrogens is 360 g/mol. The van der Waals surface area contributed by atoms with Crippen molar-refractivity contribution in [1.82, 2.24) is 29.3 Å². The van der Waals surface area contributed by atoms with Crippen molar-refractivity contribution in [3.8, 4) is 0 Å². The van der Waals surface area contributed by atoms with Crippen LogP contribution in [0, 0.1) is 0 Å². The van der Waals surface area contributed by atoms with E-state index in [2.05, 4.69) is 34.0 Å². The molecule has 0 fully saturated rings. The molecule has 3 aromatic rings. The summed E-state index contributed by atoms with van der Waals surface area (Å²) in [5.41, 5.74) is 1.87. The lowest BCUT2D eigenvalue weighted by molar-refractivity contribution is 0.612. The molecule has 0 aliphatic heterocycles. The first-order valence-corrected chi connectivity index (χ1v) is 10.1. The molecule has 0 spiro atoms. The number of aryl methyl sites for hydroxylation is 2. The van der Waals surface area contributed by atoms with Crippen LogP contribution in [0.4, 0.5) is 0 Å². The van der Waals surface area contributed by atoms with Crippen molar-refractivity contribution in [2.24, 2.45) is 0 Å². The predicted octanol–water partition coefficient (Wildman–Crippen LogP) is 2.24. The summed E-state index contributed by atoms with van der Waals surface area (Å²) >= 11 is 3.00. The van der Waals surface area contributed by atoms with Crippen LogP contribution in [0.15, 0.2) is 19.4 Å². The standard InChI is InChI=1S/C15H20N6O2S2/c1-3-5-7-21-12-11(13(22)18-14(21)23)20(6-4-2)10(17-12)8-24-15-19-16-9-25-15/h9H,3-8H2,1-2H3,(H,18,22,23). The Labute approximate surface area is 152 Å². The molecule has 0 radical (unpaired) electrons. The van der Waals surface area contributed by atoms with Gasteiger partial charge in [-0.15, -0.1) is 10.2 Å². The molecule has 0 aliphatic rings. The van der Waals surface area contributed by atoms with Gasteiger partial charge < -0.3 is 4.57 Å². The quantitative estimate of drug-likeness (QED) is 0.602. The van der Waals surface area contributed by atoms with Crippen molar-refractivity contribution >= 4 is 34.3 Å². The second-order valence-electron chi connectivity index (χ2n) is 5.61. The molecule has 0 bridgehead atoms. The Morgan fingerprint density at radius 2 is 2.04 bits per heavy atom. The first-order valence-electron chi connectivity index (χ1n) is 8.26. The molecule has 3 rings (SSSR count). The van der Waals surface area contributed by atoms with Crippen LogP contribution in [0.1, 0.15) is 38.9 Å².